The smallest absolute Gasteiger partial charge is 0.309 e. The zero-order valence-corrected chi connectivity index (χ0v) is 15.0. The van der Waals surface area contributed by atoms with E-state index in [4.69, 9.17) is 33.0 Å². The van der Waals surface area contributed by atoms with Crippen molar-refractivity contribution in [2.24, 2.45) is 5.92 Å². The van der Waals surface area contributed by atoms with E-state index < -0.39 is 11.9 Å². The highest BCUT2D eigenvalue weighted by atomic mass is 35.5. The predicted octanol–water partition coefficient (Wildman–Crippen LogP) is 4.27. The molecule has 2 aromatic rings. The molecule has 0 aliphatic carbocycles. The molecule has 7 heteroatoms. The first kappa shape index (κ1) is 19.1. The van der Waals surface area contributed by atoms with Gasteiger partial charge < -0.3 is 15.2 Å². The molecule has 0 radical (unpaired) electrons. The third-order valence-corrected chi connectivity index (χ3v) is 3.79. The summed E-state index contributed by atoms with van der Waals surface area (Å²) in [6, 6.07) is 11.7. The van der Waals surface area contributed by atoms with E-state index in [0.717, 1.165) is 5.56 Å². The van der Waals surface area contributed by atoms with Gasteiger partial charge in [-0.3, -0.25) is 9.59 Å². The lowest BCUT2D eigenvalue weighted by Gasteiger charge is -2.10. The molecule has 0 aliphatic heterocycles. The van der Waals surface area contributed by atoms with Gasteiger partial charge in [0.25, 0.3) is 0 Å². The van der Waals surface area contributed by atoms with E-state index in [1.54, 1.807) is 49.4 Å². The van der Waals surface area contributed by atoms with Gasteiger partial charge in [0, 0.05) is 15.7 Å². The number of benzene rings is 2. The van der Waals surface area contributed by atoms with Gasteiger partial charge in [0.05, 0.1) is 12.3 Å². The van der Waals surface area contributed by atoms with Gasteiger partial charge in [-0.1, -0.05) is 35.3 Å². The predicted molar refractivity (Wildman–Crippen MR) is 97.5 cm³/mol. The highest BCUT2D eigenvalue weighted by molar-refractivity contribution is 6.35. The lowest BCUT2D eigenvalue weighted by atomic mass is 10.1. The Labute approximate surface area is 155 Å². The second kappa shape index (κ2) is 8.74. The van der Waals surface area contributed by atoms with Gasteiger partial charge in [-0.05, 0) is 42.8 Å². The molecule has 0 saturated heterocycles. The molecule has 0 saturated carbocycles. The van der Waals surface area contributed by atoms with Crippen molar-refractivity contribution in [2.75, 3.05) is 11.9 Å². The maximum absolute atomic E-state index is 12.1. The number of carboxylic acids is 1. The number of anilines is 1. The van der Waals surface area contributed by atoms with Gasteiger partial charge in [0.2, 0.25) is 5.91 Å². The average Bonchev–Trinajstić information content (AvgIpc) is 2.52. The van der Waals surface area contributed by atoms with Crippen LogP contribution in [0.2, 0.25) is 10.0 Å². The maximum atomic E-state index is 12.1. The largest absolute Gasteiger partial charge is 0.493 e. The van der Waals surface area contributed by atoms with Crippen LogP contribution in [-0.2, 0) is 16.0 Å². The zero-order chi connectivity index (χ0) is 18.4. The fourth-order valence-electron chi connectivity index (χ4n) is 2.01. The lowest BCUT2D eigenvalue weighted by molar-refractivity contribution is -0.142. The molecule has 0 heterocycles. The molecule has 2 aromatic carbocycles. The Kier molecular flexibility index (Phi) is 6.67. The van der Waals surface area contributed by atoms with Crippen molar-refractivity contribution >= 4 is 40.8 Å². The van der Waals surface area contributed by atoms with Gasteiger partial charge >= 0.3 is 5.97 Å². The van der Waals surface area contributed by atoms with Crippen LogP contribution in [-0.4, -0.2) is 23.6 Å². The van der Waals surface area contributed by atoms with Crippen LogP contribution in [0.5, 0.6) is 5.75 Å². The molecule has 2 N–H and O–H groups in total. The van der Waals surface area contributed by atoms with E-state index in [0.29, 0.717) is 21.5 Å². The summed E-state index contributed by atoms with van der Waals surface area (Å²) in [5.74, 6) is -1.14. The number of halogens is 2. The van der Waals surface area contributed by atoms with Crippen LogP contribution in [0, 0.1) is 5.92 Å². The van der Waals surface area contributed by atoms with Gasteiger partial charge in [-0.2, -0.15) is 0 Å². The van der Waals surface area contributed by atoms with Crippen LogP contribution in [0.25, 0.3) is 0 Å². The summed E-state index contributed by atoms with van der Waals surface area (Å²) >= 11 is 11.8. The molecular weight excluding hydrogens is 365 g/mol. The minimum Gasteiger partial charge on any atom is -0.493 e. The summed E-state index contributed by atoms with van der Waals surface area (Å²) in [5, 5.41) is 12.4. The Hall–Kier alpha value is -2.24. The minimum atomic E-state index is -0.908. The Morgan fingerprint density at radius 3 is 2.28 bits per heavy atom. The van der Waals surface area contributed by atoms with E-state index in [1.807, 2.05) is 0 Å². The number of aliphatic carboxylic acids is 1. The van der Waals surface area contributed by atoms with Crippen LogP contribution in [0.15, 0.2) is 42.5 Å². The molecule has 1 unspecified atom stereocenters. The monoisotopic (exact) mass is 381 g/mol. The first-order valence-corrected chi connectivity index (χ1v) is 8.29. The Morgan fingerprint density at radius 1 is 1.12 bits per heavy atom. The molecule has 0 fully saturated rings. The molecule has 1 amide bonds. The summed E-state index contributed by atoms with van der Waals surface area (Å²) < 4.78 is 5.40. The van der Waals surface area contributed by atoms with E-state index in [-0.39, 0.29) is 18.9 Å². The normalized spacial score (nSPS) is 11.6. The SMILES string of the molecule is CC(COc1ccc(CC(=O)Nc2cc(Cl)cc(Cl)c2)cc1)C(=O)O. The van der Waals surface area contributed by atoms with Crippen LogP contribution >= 0.6 is 23.2 Å². The number of carbonyl (C=O) groups is 2. The van der Waals surface area contributed by atoms with Gasteiger partial charge in [0.15, 0.2) is 0 Å². The van der Waals surface area contributed by atoms with Gasteiger partial charge in [-0.25, -0.2) is 0 Å². The van der Waals surface area contributed by atoms with E-state index in [2.05, 4.69) is 5.32 Å². The first-order chi connectivity index (χ1) is 11.8. The highest BCUT2D eigenvalue weighted by Gasteiger charge is 2.11. The molecule has 1 atom stereocenters. The third-order valence-electron chi connectivity index (χ3n) is 3.36. The Balaban J connectivity index is 1.89. The van der Waals surface area contributed by atoms with Gasteiger partial charge in [-0.15, -0.1) is 0 Å². The summed E-state index contributed by atoms with van der Waals surface area (Å²) in [5.41, 5.74) is 1.33. The van der Waals surface area contributed by atoms with E-state index in [1.165, 1.54) is 0 Å². The Bertz CT molecular complexity index is 742. The van der Waals surface area contributed by atoms with Crippen LogP contribution < -0.4 is 10.1 Å². The fraction of sp³-hybridized carbons (Fsp3) is 0.222. The third kappa shape index (κ3) is 6.29. The topological polar surface area (TPSA) is 75.6 Å². The van der Waals surface area contributed by atoms with Crippen LogP contribution in [0.3, 0.4) is 0 Å². The van der Waals surface area contributed by atoms with Crippen molar-refractivity contribution in [1.82, 2.24) is 0 Å². The number of nitrogens with one attached hydrogen (secondary N) is 1. The number of hydrogen-bond donors (Lipinski definition) is 2. The zero-order valence-electron chi connectivity index (χ0n) is 13.5. The number of carboxylic acid groups (broad SMARTS) is 1. The minimum absolute atomic E-state index is 0.0880. The molecule has 0 aromatic heterocycles. The molecular formula is C18H17Cl2NO4. The van der Waals surface area contributed by atoms with E-state index >= 15 is 0 Å². The van der Waals surface area contributed by atoms with Crippen molar-refractivity contribution in [1.29, 1.82) is 0 Å². The quantitative estimate of drug-likeness (QED) is 0.750. The number of rotatable bonds is 7. The van der Waals surface area contributed by atoms with Crippen LogP contribution in [0.4, 0.5) is 5.69 Å². The van der Waals surface area contributed by atoms with Gasteiger partial charge in [0.1, 0.15) is 12.4 Å². The van der Waals surface area contributed by atoms with Crippen molar-refractivity contribution in [2.45, 2.75) is 13.3 Å². The molecule has 2 rings (SSSR count). The summed E-state index contributed by atoms with van der Waals surface area (Å²) in [4.78, 5) is 22.8. The number of ether oxygens (including phenoxy) is 1. The molecule has 0 aliphatic rings. The summed E-state index contributed by atoms with van der Waals surface area (Å²) in [7, 11) is 0. The fourth-order valence-corrected chi connectivity index (χ4v) is 2.54. The highest BCUT2D eigenvalue weighted by Crippen LogP contribution is 2.22. The van der Waals surface area contributed by atoms with Crippen molar-refractivity contribution in [3.8, 4) is 5.75 Å². The molecule has 25 heavy (non-hydrogen) atoms. The van der Waals surface area contributed by atoms with Crippen LogP contribution in [0.1, 0.15) is 12.5 Å². The summed E-state index contributed by atoms with van der Waals surface area (Å²) in [6.45, 7) is 1.66. The molecule has 132 valence electrons. The van der Waals surface area contributed by atoms with Crippen molar-refractivity contribution in [3.63, 3.8) is 0 Å². The number of carbonyl (C=O) groups excluding carboxylic acids is 1. The number of amides is 1. The second-order valence-electron chi connectivity index (χ2n) is 5.58. The number of hydrogen-bond acceptors (Lipinski definition) is 3. The lowest BCUT2D eigenvalue weighted by Crippen LogP contribution is -2.18. The molecule has 0 bridgehead atoms. The van der Waals surface area contributed by atoms with Crippen molar-refractivity contribution in [3.05, 3.63) is 58.1 Å². The first-order valence-electron chi connectivity index (χ1n) is 7.54. The summed E-state index contributed by atoms with van der Waals surface area (Å²) in [6.07, 6.45) is 0.177. The van der Waals surface area contributed by atoms with Crippen molar-refractivity contribution < 1.29 is 19.4 Å². The molecule has 0 spiro atoms. The maximum Gasteiger partial charge on any atom is 0.309 e. The standard InChI is InChI=1S/C18H17Cl2NO4/c1-11(18(23)24)10-25-16-4-2-12(3-5-16)6-17(22)21-15-8-13(19)7-14(20)9-15/h2-5,7-9,11H,6,10H2,1H3,(H,21,22)(H,23,24). The molecule has 5 nitrogen and oxygen atoms in total. The van der Waals surface area contributed by atoms with E-state index in [9.17, 15) is 9.59 Å². The Morgan fingerprint density at radius 2 is 1.72 bits per heavy atom. The second-order valence-corrected chi connectivity index (χ2v) is 6.45. The average molecular weight is 382 g/mol.